The van der Waals surface area contributed by atoms with E-state index in [0.29, 0.717) is 31.2 Å². The fraction of sp³-hybridized carbons (Fsp3) is 0.643. The molecule has 0 radical (unpaired) electrons. The second kappa shape index (κ2) is 12.6. The van der Waals surface area contributed by atoms with Gasteiger partial charge in [-0.25, -0.2) is 9.18 Å². The maximum absolute atomic E-state index is 14.2. The number of carbonyl (C=O) groups excluding carboxylic acids is 4. The monoisotopic (exact) mass is 536 g/mol. The molecule has 2 rings (SSSR count). The third-order valence-corrected chi connectivity index (χ3v) is 6.89. The second-order valence-electron chi connectivity index (χ2n) is 10.7. The summed E-state index contributed by atoms with van der Waals surface area (Å²) in [7, 11) is 0. The van der Waals surface area contributed by atoms with Crippen LogP contribution in [0.25, 0.3) is 0 Å². The zero-order valence-electron chi connectivity index (χ0n) is 23.6. The van der Waals surface area contributed by atoms with Gasteiger partial charge in [-0.1, -0.05) is 26.0 Å². The Bertz CT molecular complexity index is 1020. The average Bonchev–Trinajstić information content (AvgIpc) is 3.23. The number of hydrogen-bond donors (Lipinski definition) is 1. The summed E-state index contributed by atoms with van der Waals surface area (Å²) in [6, 6.07) is 3.89. The molecule has 0 spiro atoms. The molecule has 1 aliphatic heterocycles. The van der Waals surface area contributed by atoms with E-state index in [1.54, 1.807) is 44.7 Å². The standard InChI is InChI=1S/C28H41FN2O7/c1-9-28(10-2,25(34)37-19(5)36-18(4)32)23-15-14-22(20-12-11-13-21(29)16-20)31(23)24(33)17(3)30-26(35)38-27(6,7)8/h11-13,16-17,19,22-23H,9-10,14-15H2,1-8H3,(H,30,35)/t17-,19?,22+,23-/m1/s1. The summed E-state index contributed by atoms with van der Waals surface area (Å²) in [5, 5.41) is 2.59. The molecule has 38 heavy (non-hydrogen) atoms. The van der Waals surface area contributed by atoms with Gasteiger partial charge in [-0.05, 0) is 71.1 Å². The third-order valence-electron chi connectivity index (χ3n) is 6.89. The van der Waals surface area contributed by atoms with Crippen molar-refractivity contribution in [2.24, 2.45) is 5.41 Å². The highest BCUT2D eigenvalue weighted by Crippen LogP contribution is 2.47. The summed E-state index contributed by atoms with van der Waals surface area (Å²) < 4.78 is 30.0. The van der Waals surface area contributed by atoms with E-state index in [4.69, 9.17) is 14.2 Å². The van der Waals surface area contributed by atoms with Crippen LogP contribution < -0.4 is 5.32 Å². The molecular formula is C28H41FN2O7. The van der Waals surface area contributed by atoms with Crippen LogP contribution in [-0.2, 0) is 28.6 Å². The molecule has 0 saturated carbocycles. The summed E-state index contributed by atoms with van der Waals surface area (Å²) in [6.07, 6.45) is -0.239. The molecule has 0 aromatic heterocycles. The Labute approximate surface area is 224 Å². The van der Waals surface area contributed by atoms with Gasteiger partial charge in [-0.15, -0.1) is 0 Å². The quantitative estimate of drug-likeness (QED) is 0.348. The Morgan fingerprint density at radius 3 is 2.24 bits per heavy atom. The zero-order chi connectivity index (χ0) is 28.8. The van der Waals surface area contributed by atoms with Gasteiger partial charge < -0.3 is 24.4 Å². The molecule has 1 aromatic rings. The Morgan fingerprint density at radius 1 is 1.08 bits per heavy atom. The van der Waals surface area contributed by atoms with Crippen LogP contribution in [0.15, 0.2) is 24.3 Å². The smallest absolute Gasteiger partial charge is 0.408 e. The van der Waals surface area contributed by atoms with Gasteiger partial charge in [0.25, 0.3) is 0 Å². The van der Waals surface area contributed by atoms with Crippen LogP contribution in [0.4, 0.5) is 9.18 Å². The largest absolute Gasteiger partial charge is 0.444 e. The predicted molar refractivity (Wildman–Crippen MR) is 138 cm³/mol. The van der Waals surface area contributed by atoms with Gasteiger partial charge in [0.1, 0.15) is 17.5 Å². The topological polar surface area (TPSA) is 111 Å². The number of nitrogens with one attached hydrogen (secondary N) is 1. The van der Waals surface area contributed by atoms with Gasteiger partial charge in [0.05, 0.1) is 11.5 Å². The molecule has 1 unspecified atom stereocenters. The Balaban J connectivity index is 2.48. The van der Waals surface area contributed by atoms with Crippen LogP contribution in [0.2, 0.25) is 0 Å². The highest BCUT2D eigenvalue weighted by Gasteiger charge is 2.54. The maximum atomic E-state index is 14.2. The Hall–Kier alpha value is -3.17. The molecule has 1 aliphatic rings. The first-order valence-electron chi connectivity index (χ1n) is 13.1. The lowest BCUT2D eigenvalue weighted by atomic mass is 9.74. The van der Waals surface area contributed by atoms with Gasteiger partial charge in [0.2, 0.25) is 12.2 Å². The molecule has 1 saturated heterocycles. The van der Waals surface area contributed by atoms with Crippen LogP contribution in [0.3, 0.4) is 0 Å². The number of benzene rings is 1. The number of carbonyl (C=O) groups is 4. The number of esters is 2. The molecule has 212 valence electrons. The van der Waals surface area contributed by atoms with Crippen molar-refractivity contribution < 1.29 is 37.8 Å². The number of hydrogen-bond acceptors (Lipinski definition) is 7. The zero-order valence-corrected chi connectivity index (χ0v) is 23.6. The van der Waals surface area contributed by atoms with E-state index in [0.717, 1.165) is 0 Å². The minimum Gasteiger partial charge on any atom is -0.444 e. The SMILES string of the molecule is CCC(CC)(C(=O)OC(C)OC(C)=O)[C@H]1CC[C@@H](c2cccc(F)c2)N1C(=O)[C@@H](C)NC(=O)OC(C)(C)C. The summed E-state index contributed by atoms with van der Waals surface area (Å²) >= 11 is 0. The fourth-order valence-corrected chi connectivity index (χ4v) is 5.14. The molecule has 0 aliphatic carbocycles. The molecule has 1 heterocycles. The molecule has 1 aromatic carbocycles. The number of rotatable bonds is 9. The summed E-state index contributed by atoms with van der Waals surface area (Å²) in [5.74, 6) is -2.05. The number of alkyl carbamates (subject to hydrolysis) is 1. The van der Waals surface area contributed by atoms with E-state index in [1.165, 1.54) is 26.0 Å². The molecule has 10 heteroatoms. The molecule has 1 N–H and O–H groups in total. The lowest BCUT2D eigenvalue weighted by Gasteiger charge is -2.43. The van der Waals surface area contributed by atoms with E-state index in [-0.39, 0.29) is 0 Å². The molecule has 1 fully saturated rings. The highest BCUT2D eigenvalue weighted by molar-refractivity contribution is 5.87. The third kappa shape index (κ3) is 7.45. The first-order chi connectivity index (χ1) is 17.6. The summed E-state index contributed by atoms with van der Waals surface area (Å²) in [5.41, 5.74) is -1.29. The molecular weight excluding hydrogens is 495 g/mol. The highest BCUT2D eigenvalue weighted by atomic mass is 19.1. The van der Waals surface area contributed by atoms with Crippen molar-refractivity contribution in [3.8, 4) is 0 Å². The Kier molecular flexibility index (Phi) is 10.3. The lowest BCUT2D eigenvalue weighted by Crippen LogP contribution is -2.56. The average molecular weight is 537 g/mol. The van der Waals surface area contributed by atoms with E-state index < -0.39 is 65.2 Å². The molecule has 9 nitrogen and oxygen atoms in total. The summed E-state index contributed by atoms with van der Waals surface area (Å²) in [6.45, 7) is 13.0. The minimum atomic E-state index is -1.13. The molecule has 2 amide bonds. The molecule has 4 atom stereocenters. The van der Waals surface area contributed by atoms with Crippen LogP contribution in [0.5, 0.6) is 0 Å². The van der Waals surface area contributed by atoms with Crippen LogP contribution in [-0.4, -0.2) is 52.8 Å². The predicted octanol–water partition coefficient (Wildman–Crippen LogP) is 5.03. The van der Waals surface area contributed by atoms with Crippen molar-refractivity contribution in [2.75, 3.05) is 0 Å². The normalized spacial score (nSPS) is 19.3. The van der Waals surface area contributed by atoms with Crippen molar-refractivity contribution >= 4 is 23.9 Å². The first kappa shape index (κ1) is 31.1. The Morgan fingerprint density at radius 2 is 1.71 bits per heavy atom. The van der Waals surface area contributed by atoms with Crippen LogP contribution >= 0.6 is 0 Å². The van der Waals surface area contributed by atoms with Gasteiger partial charge in [0.15, 0.2) is 0 Å². The molecule has 0 bridgehead atoms. The van der Waals surface area contributed by atoms with E-state index >= 15 is 0 Å². The van der Waals surface area contributed by atoms with Crippen molar-refractivity contribution in [2.45, 2.75) is 111 Å². The first-order valence-corrected chi connectivity index (χ1v) is 13.1. The van der Waals surface area contributed by atoms with Crippen molar-refractivity contribution in [3.63, 3.8) is 0 Å². The van der Waals surface area contributed by atoms with Crippen LogP contribution in [0.1, 0.15) is 92.7 Å². The van der Waals surface area contributed by atoms with Crippen molar-refractivity contribution in [3.05, 3.63) is 35.6 Å². The van der Waals surface area contributed by atoms with E-state index in [1.807, 2.05) is 13.8 Å². The van der Waals surface area contributed by atoms with Gasteiger partial charge in [0, 0.05) is 19.9 Å². The number of amides is 2. The maximum Gasteiger partial charge on any atom is 0.408 e. The van der Waals surface area contributed by atoms with Crippen LogP contribution in [0, 0.1) is 11.2 Å². The fourth-order valence-electron chi connectivity index (χ4n) is 5.14. The van der Waals surface area contributed by atoms with Crippen molar-refractivity contribution in [1.29, 1.82) is 0 Å². The summed E-state index contributed by atoms with van der Waals surface area (Å²) in [4.78, 5) is 52.9. The lowest BCUT2D eigenvalue weighted by molar-refractivity contribution is -0.194. The minimum absolute atomic E-state index is 0.341. The number of nitrogens with zero attached hydrogens (tertiary/aromatic N) is 1. The number of halogens is 1. The van der Waals surface area contributed by atoms with Gasteiger partial charge in [-0.2, -0.15) is 0 Å². The van der Waals surface area contributed by atoms with Crippen molar-refractivity contribution in [1.82, 2.24) is 10.2 Å². The van der Waals surface area contributed by atoms with E-state index in [2.05, 4.69) is 5.32 Å². The van der Waals surface area contributed by atoms with Gasteiger partial charge >= 0.3 is 18.0 Å². The van der Waals surface area contributed by atoms with Gasteiger partial charge in [-0.3, -0.25) is 14.4 Å². The number of likely N-dealkylation sites (tertiary alicyclic amines) is 1. The number of ether oxygens (including phenoxy) is 3. The second-order valence-corrected chi connectivity index (χ2v) is 10.7. The van der Waals surface area contributed by atoms with E-state index in [9.17, 15) is 23.6 Å².